The van der Waals surface area contributed by atoms with Crippen molar-refractivity contribution >= 4 is 5.95 Å². The SMILES string of the molecule is CC1(C)C(C#N)C1c1nc(N2CCCCCC2)no1. The molecule has 102 valence electrons. The summed E-state index contributed by atoms with van der Waals surface area (Å²) in [6.07, 6.45) is 4.96. The van der Waals surface area contributed by atoms with Gasteiger partial charge in [-0.3, -0.25) is 0 Å². The molecule has 2 fully saturated rings. The fraction of sp³-hybridized carbons (Fsp3) is 0.786. The van der Waals surface area contributed by atoms with Gasteiger partial charge in [-0.2, -0.15) is 10.2 Å². The van der Waals surface area contributed by atoms with Crippen LogP contribution < -0.4 is 4.90 Å². The highest BCUT2D eigenvalue weighted by atomic mass is 16.5. The smallest absolute Gasteiger partial charge is 0.266 e. The standard InChI is InChI=1S/C14H20N4O/c1-14(2)10(9-15)11(14)12-16-13(17-19-12)18-7-5-3-4-6-8-18/h10-11H,3-8H2,1-2H3. The zero-order valence-electron chi connectivity index (χ0n) is 11.6. The van der Waals surface area contributed by atoms with Crippen molar-refractivity contribution in [3.63, 3.8) is 0 Å². The van der Waals surface area contributed by atoms with E-state index in [9.17, 15) is 0 Å². The van der Waals surface area contributed by atoms with Gasteiger partial charge in [0.05, 0.1) is 17.9 Å². The van der Waals surface area contributed by atoms with E-state index >= 15 is 0 Å². The van der Waals surface area contributed by atoms with Gasteiger partial charge in [0.1, 0.15) is 0 Å². The van der Waals surface area contributed by atoms with Crippen LogP contribution in [0.5, 0.6) is 0 Å². The second-order valence-corrected chi connectivity index (χ2v) is 6.24. The lowest BCUT2D eigenvalue weighted by Gasteiger charge is -2.16. The van der Waals surface area contributed by atoms with Crippen molar-refractivity contribution in [2.24, 2.45) is 11.3 Å². The van der Waals surface area contributed by atoms with Gasteiger partial charge in [0.15, 0.2) is 0 Å². The van der Waals surface area contributed by atoms with E-state index < -0.39 is 0 Å². The summed E-state index contributed by atoms with van der Waals surface area (Å²) < 4.78 is 5.40. The number of hydrogen-bond donors (Lipinski definition) is 0. The molecule has 5 heteroatoms. The van der Waals surface area contributed by atoms with Crippen LogP contribution in [0, 0.1) is 22.7 Å². The summed E-state index contributed by atoms with van der Waals surface area (Å²) in [6, 6.07) is 2.34. The summed E-state index contributed by atoms with van der Waals surface area (Å²) in [7, 11) is 0. The van der Waals surface area contributed by atoms with Crippen LogP contribution in [0.25, 0.3) is 0 Å². The number of anilines is 1. The molecule has 0 amide bonds. The van der Waals surface area contributed by atoms with Crippen molar-refractivity contribution in [1.29, 1.82) is 5.26 Å². The van der Waals surface area contributed by atoms with Crippen LogP contribution in [-0.4, -0.2) is 23.2 Å². The molecule has 1 aliphatic carbocycles. The number of aromatic nitrogens is 2. The van der Waals surface area contributed by atoms with Gasteiger partial charge < -0.3 is 9.42 Å². The van der Waals surface area contributed by atoms with E-state index in [1.54, 1.807) is 0 Å². The minimum absolute atomic E-state index is 0.00457. The highest BCUT2D eigenvalue weighted by Gasteiger charge is 2.62. The van der Waals surface area contributed by atoms with Crippen molar-refractivity contribution in [3.8, 4) is 6.07 Å². The first-order valence-electron chi connectivity index (χ1n) is 7.13. The summed E-state index contributed by atoms with van der Waals surface area (Å²) in [5.74, 6) is 1.45. The molecule has 0 N–H and O–H groups in total. The van der Waals surface area contributed by atoms with Crippen molar-refractivity contribution in [2.75, 3.05) is 18.0 Å². The Bertz CT molecular complexity index is 494. The second kappa shape index (κ2) is 4.52. The molecule has 3 rings (SSSR count). The summed E-state index contributed by atoms with van der Waals surface area (Å²) in [4.78, 5) is 6.73. The second-order valence-electron chi connectivity index (χ2n) is 6.24. The van der Waals surface area contributed by atoms with Gasteiger partial charge in [0.25, 0.3) is 5.95 Å². The largest absolute Gasteiger partial charge is 0.338 e. The van der Waals surface area contributed by atoms with Crippen LogP contribution in [-0.2, 0) is 0 Å². The Morgan fingerprint density at radius 3 is 2.53 bits per heavy atom. The van der Waals surface area contributed by atoms with E-state index in [4.69, 9.17) is 9.78 Å². The lowest BCUT2D eigenvalue weighted by Crippen LogP contribution is -2.24. The summed E-state index contributed by atoms with van der Waals surface area (Å²) in [5.41, 5.74) is -0.0304. The average Bonchev–Trinajstić information content (AvgIpc) is 2.81. The van der Waals surface area contributed by atoms with E-state index in [1.165, 1.54) is 25.7 Å². The molecule has 5 nitrogen and oxygen atoms in total. The van der Waals surface area contributed by atoms with Crippen LogP contribution in [0.1, 0.15) is 51.3 Å². The number of nitriles is 1. The molecule has 2 heterocycles. The van der Waals surface area contributed by atoms with Gasteiger partial charge in [-0.25, -0.2) is 0 Å². The van der Waals surface area contributed by atoms with Gasteiger partial charge in [-0.05, 0) is 23.4 Å². The molecule has 0 radical (unpaired) electrons. The number of nitrogens with zero attached hydrogens (tertiary/aromatic N) is 4. The Morgan fingerprint density at radius 1 is 1.26 bits per heavy atom. The van der Waals surface area contributed by atoms with Gasteiger partial charge in [-0.15, -0.1) is 0 Å². The molecule has 0 spiro atoms. The molecule has 0 bridgehead atoms. The van der Waals surface area contributed by atoms with E-state index in [1.807, 2.05) is 0 Å². The minimum atomic E-state index is -0.0304. The van der Waals surface area contributed by atoms with Crippen molar-refractivity contribution < 1.29 is 4.52 Å². The molecule has 1 aromatic heterocycles. The fourth-order valence-electron chi connectivity index (χ4n) is 3.09. The molecule has 1 aliphatic heterocycles. The monoisotopic (exact) mass is 260 g/mol. The number of hydrogen-bond acceptors (Lipinski definition) is 5. The molecule has 2 atom stereocenters. The fourth-order valence-corrected chi connectivity index (χ4v) is 3.09. The highest BCUT2D eigenvalue weighted by molar-refractivity contribution is 5.32. The third-order valence-corrected chi connectivity index (χ3v) is 4.55. The lowest BCUT2D eigenvalue weighted by molar-refractivity contribution is 0.366. The average molecular weight is 260 g/mol. The molecule has 2 unspecified atom stereocenters. The van der Waals surface area contributed by atoms with Crippen LogP contribution in [0.3, 0.4) is 0 Å². The first-order valence-corrected chi connectivity index (χ1v) is 7.13. The van der Waals surface area contributed by atoms with Crippen molar-refractivity contribution in [2.45, 2.75) is 45.4 Å². The first kappa shape index (κ1) is 12.5. The van der Waals surface area contributed by atoms with E-state index in [0.29, 0.717) is 11.8 Å². The Balaban J connectivity index is 1.75. The predicted octanol–water partition coefficient (Wildman–Crippen LogP) is 2.71. The zero-order valence-corrected chi connectivity index (χ0v) is 11.6. The predicted molar refractivity (Wildman–Crippen MR) is 70.6 cm³/mol. The minimum Gasteiger partial charge on any atom is -0.338 e. The molecule has 1 saturated heterocycles. The van der Waals surface area contributed by atoms with Gasteiger partial charge in [0.2, 0.25) is 5.89 Å². The zero-order chi connectivity index (χ0) is 13.5. The normalized spacial score (nSPS) is 29.6. The van der Waals surface area contributed by atoms with Crippen molar-refractivity contribution in [1.82, 2.24) is 10.1 Å². The summed E-state index contributed by atoms with van der Waals surface area (Å²) in [6.45, 7) is 6.19. The quantitative estimate of drug-likeness (QED) is 0.818. The molecule has 19 heavy (non-hydrogen) atoms. The summed E-state index contributed by atoms with van der Waals surface area (Å²) >= 11 is 0. The molecular weight excluding hydrogens is 240 g/mol. The summed E-state index contributed by atoms with van der Waals surface area (Å²) in [5, 5.41) is 13.2. The van der Waals surface area contributed by atoms with Gasteiger partial charge >= 0.3 is 0 Å². The lowest BCUT2D eigenvalue weighted by atomic mass is 10.1. The number of rotatable bonds is 2. The Morgan fingerprint density at radius 2 is 1.95 bits per heavy atom. The Hall–Kier alpha value is -1.57. The van der Waals surface area contributed by atoms with Gasteiger partial charge in [-0.1, -0.05) is 26.7 Å². The molecule has 1 saturated carbocycles. The molecule has 0 aromatic carbocycles. The third kappa shape index (κ3) is 2.09. The maximum absolute atomic E-state index is 9.12. The van der Waals surface area contributed by atoms with Crippen LogP contribution >= 0.6 is 0 Å². The van der Waals surface area contributed by atoms with E-state index in [2.05, 4.69) is 35.0 Å². The highest BCUT2D eigenvalue weighted by Crippen LogP contribution is 2.63. The van der Waals surface area contributed by atoms with Crippen LogP contribution in [0.4, 0.5) is 5.95 Å². The van der Waals surface area contributed by atoms with Crippen molar-refractivity contribution in [3.05, 3.63) is 5.89 Å². The van der Waals surface area contributed by atoms with E-state index in [-0.39, 0.29) is 17.3 Å². The third-order valence-electron chi connectivity index (χ3n) is 4.55. The van der Waals surface area contributed by atoms with Crippen LogP contribution in [0.15, 0.2) is 4.52 Å². The first-order chi connectivity index (χ1) is 9.14. The molecular formula is C14H20N4O. The van der Waals surface area contributed by atoms with Gasteiger partial charge in [0, 0.05) is 13.1 Å². The Labute approximate surface area is 113 Å². The maximum Gasteiger partial charge on any atom is 0.266 e. The topological polar surface area (TPSA) is 66.0 Å². The maximum atomic E-state index is 9.12. The van der Waals surface area contributed by atoms with E-state index in [0.717, 1.165) is 13.1 Å². The molecule has 2 aliphatic rings. The Kier molecular flexibility index (Phi) is 2.96. The molecule has 1 aromatic rings. The van der Waals surface area contributed by atoms with Crippen LogP contribution in [0.2, 0.25) is 0 Å².